The lowest BCUT2D eigenvalue weighted by atomic mass is 10.4. The lowest BCUT2D eigenvalue weighted by Gasteiger charge is -1.97. The van der Waals surface area contributed by atoms with E-state index in [1.165, 1.54) is 0 Å². The van der Waals surface area contributed by atoms with Crippen LogP contribution in [0.1, 0.15) is 22.1 Å². The first kappa shape index (κ1) is 13.5. The van der Waals surface area contributed by atoms with Crippen molar-refractivity contribution in [1.82, 2.24) is 14.4 Å². The van der Waals surface area contributed by atoms with Gasteiger partial charge in [-0.15, -0.1) is 11.3 Å². The van der Waals surface area contributed by atoms with Crippen LogP contribution in [0.25, 0.3) is 5.65 Å². The molecule has 0 amide bonds. The fourth-order valence-electron chi connectivity index (χ4n) is 2.12. The van der Waals surface area contributed by atoms with E-state index in [4.69, 9.17) is 0 Å². The molecule has 0 N–H and O–H groups in total. The molecule has 104 valence electrons. The third kappa shape index (κ3) is 2.81. The number of hydrogen-bond acceptors (Lipinski definition) is 4. The average molecular weight is 305 g/mol. The summed E-state index contributed by atoms with van der Waals surface area (Å²) in [6.07, 6.45) is 1.97. The first-order chi connectivity index (χ1) is 9.61. The predicted octanol–water partition coefficient (Wildman–Crippen LogP) is 2.86. The first-order valence-corrected chi connectivity index (χ1v) is 8.68. The number of imidazole rings is 1. The van der Waals surface area contributed by atoms with Crippen LogP contribution < -0.4 is 0 Å². The maximum atomic E-state index is 12.2. The summed E-state index contributed by atoms with van der Waals surface area (Å²) in [7, 11) is -0.974. The molecule has 0 saturated carbocycles. The zero-order valence-corrected chi connectivity index (χ0v) is 13.0. The lowest BCUT2D eigenvalue weighted by Crippen LogP contribution is -2.00. The summed E-state index contributed by atoms with van der Waals surface area (Å²) in [6, 6.07) is 5.98. The molecule has 0 aliphatic rings. The Morgan fingerprint density at radius 1 is 1.20 bits per heavy atom. The van der Waals surface area contributed by atoms with Crippen molar-refractivity contribution in [3.63, 3.8) is 0 Å². The molecule has 3 aromatic rings. The second-order valence-corrected chi connectivity index (χ2v) is 7.23. The highest BCUT2D eigenvalue weighted by atomic mass is 32.2. The molecule has 6 heteroatoms. The molecule has 0 saturated heterocycles. The van der Waals surface area contributed by atoms with Crippen LogP contribution in [0.5, 0.6) is 0 Å². The van der Waals surface area contributed by atoms with E-state index < -0.39 is 10.8 Å². The van der Waals surface area contributed by atoms with E-state index in [0.29, 0.717) is 11.5 Å². The Kier molecular flexibility index (Phi) is 3.67. The Morgan fingerprint density at radius 3 is 2.70 bits per heavy atom. The van der Waals surface area contributed by atoms with Gasteiger partial charge in [0.15, 0.2) is 0 Å². The summed E-state index contributed by atoms with van der Waals surface area (Å²) >= 11 is 1.59. The molecular formula is C14H15N3OS2. The Hall–Kier alpha value is -1.53. The zero-order chi connectivity index (χ0) is 14.1. The van der Waals surface area contributed by atoms with Gasteiger partial charge in [-0.05, 0) is 26.0 Å². The molecule has 0 aliphatic heterocycles. The van der Waals surface area contributed by atoms with Crippen molar-refractivity contribution in [3.8, 4) is 0 Å². The SMILES string of the molecule is Cc1nc(C[S@](=O)Cc2cn3c(C)cccc3n2)cs1. The van der Waals surface area contributed by atoms with Gasteiger partial charge >= 0.3 is 0 Å². The first-order valence-electron chi connectivity index (χ1n) is 6.31. The van der Waals surface area contributed by atoms with Crippen molar-refractivity contribution in [3.05, 3.63) is 51.9 Å². The van der Waals surface area contributed by atoms with Gasteiger partial charge in [0.2, 0.25) is 0 Å². The Labute approximate surface area is 124 Å². The average Bonchev–Trinajstić information content (AvgIpc) is 2.96. The van der Waals surface area contributed by atoms with Crippen LogP contribution in [-0.2, 0) is 22.3 Å². The predicted molar refractivity (Wildman–Crippen MR) is 82.3 cm³/mol. The summed E-state index contributed by atoms with van der Waals surface area (Å²) in [5, 5.41) is 2.99. The molecule has 0 fully saturated rings. The fraction of sp³-hybridized carbons (Fsp3) is 0.286. The standard InChI is InChI=1S/C14H15N3OS2/c1-10-4-3-5-14-16-12(6-17(10)14)8-20(18)9-13-7-19-11(2)15-13/h3-7H,8-9H2,1-2H3/t20-/m1/s1. The van der Waals surface area contributed by atoms with Crippen LogP contribution in [0.15, 0.2) is 29.8 Å². The maximum absolute atomic E-state index is 12.2. The van der Waals surface area contributed by atoms with Crippen LogP contribution in [0, 0.1) is 13.8 Å². The van der Waals surface area contributed by atoms with E-state index in [-0.39, 0.29) is 0 Å². The number of rotatable bonds is 4. The van der Waals surface area contributed by atoms with Crippen LogP contribution in [0.3, 0.4) is 0 Å². The van der Waals surface area contributed by atoms with E-state index in [1.54, 1.807) is 11.3 Å². The van der Waals surface area contributed by atoms with Crippen molar-refractivity contribution in [2.45, 2.75) is 25.4 Å². The molecule has 0 aliphatic carbocycles. The summed E-state index contributed by atoms with van der Waals surface area (Å²) in [5.74, 6) is 0.967. The van der Waals surface area contributed by atoms with Crippen molar-refractivity contribution < 1.29 is 4.21 Å². The monoisotopic (exact) mass is 305 g/mol. The van der Waals surface area contributed by atoms with Gasteiger partial charge in [0.1, 0.15) is 5.65 Å². The van der Waals surface area contributed by atoms with Gasteiger partial charge in [-0.1, -0.05) is 6.07 Å². The molecule has 0 aromatic carbocycles. The number of pyridine rings is 1. The Morgan fingerprint density at radius 2 is 2.00 bits per heavy atom. The van der Waals surface area contributed by atoms with E-state index >= 15 is 0 Å². The highest BCUT2D eigenvalue weighted by Crippen LogP contribution is 2.14. The van der Waals surface area contributed by atoms with Crippen molar-refractivity contribution in [1.29, 1.82) is 0 Å². The smallest absolute Gasteiger partial charge is 0.137 e. The van der Waals surface area contributed by atoms with Gasteiger partial charge in [-0.3, -0.25) is 4.21 Å². The van der Waals surface area contributed by atoms with Crippen molar-refractivity contribution in [2.24, 2.45) is 0 Å². The van der Waals surface area contributed by atoms with Crippen LogP contribution in [0.2, 0.25) is 0 Å². The number of nitrogens with zero attached hydrogens (tertiary/aromatic N) is 3. The van der Waals surface area contributed by atoms with Gasteiger partial charge in [-0.25, -0.2) is 9.97 Å². The largest absolute Gasteiger partial charge is 0.304 e. The summed E-state index contributed by atoms with van der Waals surface area (Å²) in [6.45, 7) is 4.00. The highest BCUT2D eigenvalue weighted by molar-refractivity contribution is 7.83. The third-order valence-corrected chi connectivity index (χ3v) is 5.09. The van der Waals surface area contributed by atoms with Crippen molar-refractivity contribution in [2.75, 3.05) is 0 Å². The number of fused-ring (bicyclic) bond motifs is 1. The zero-order valence-electron chi connectivity index (χ0n) is 11.4. The minimum atomic E-state index is -0.974. The van der Waals surface area contributed by atoms with E-state index in [0.717, 1.165) is 27.7 Å². The van der Waals surface area contributed by atoms with E-state index in [2.05, 4.69) is 9.97 Å². The number of aryl methyl sites for hydroxylation is 2. The molecule has 3 rings (SSSR count). The second kappa shape index (κ2) is 5.46. The van der Waals surface area contributed by atoms with E-state index in [9.17, 15) is 4.21 Å². The highest BCUT2D eigenvalue weighted by Gasteiger charge is 2.09. The molecule has 20 heavy (non-hydrogen) atoms. The van der Waals surface area contributed by atoms with Crippen LogP contribution >= 0.6 is 11.3 Å². The molecular weight excluding hydrogens is 290 g/mol. The molecule has 0 bridgehead atoms. The van der Waals surface area contributed by atoms with Crippen LogP contribution in [0.4, 0.5) is 0 Å². The number of aromatic nitrogens is 3. The minimum absolute atomic E-state index is 0.470. The summed E-state index contributed by atoms with van der Waals surface area (Å²) < 4.78 is 14.2. The normalized spacial score (nSPS) is 12.9. The number of hydrogen-bond donors (Lipinski definition) is 0. The Balaban J connectivity index is 1.75. The van der Waals surface area contributed by atoms with Gasteiger partial charge in [-0.2, -0.15) is 0 Å². The lowest BCUT2D eigenvalue weighted by molar-refractivity contribution is 0.681. The topological polar surface area (TPSA) is 47.3 Å². The van der Waals surface area contributed by atoms with E-state index in [1.807, 2.05) is 48.0 Å². The second-order valence-electron chi connectivity index (χ2n) is 4.71. The molecule has 1 atom stereocenters. The maximum Gasteiger partial charge on any atom is 0.137 e. The summed E-state index contributed by atoms with van der Waals surface area (Å²) in [4.78, 5) is 8.86. The molecule has 0 radical (unpaired) electrons. The van der Waals surface area contributed by atoms with Gasteiger partial charge in [0, 0.05) is 28.1 Å². The van der Waals surface area contributed by atoms with Gasteiger partial charge in [0.25, 0.3) is 0 Å². The quantitative estimate of drug-likeness (QED) is 0.744. The fourth-order valence-corrected chi connectivity index (χ4v) is 3.89. The van der Waals surface area contributed by atoms with Crippen LogP contribution in [-0.4, -0.2) is 18.6 Å². The number of thiazole rings is 1. The third-order valence-electron chi connectivity index (χ3n) is 3.03. The molecule has 3 aromatic heterocycles. The molecule has 3 heterocycles. The van der Waals surface area contributed by atoms with Gasteiger partial charge < -0.3 is 4.40 Å². The molecule has 0 spiro atoms. The van der Waals surface area contributed by atoms with Gasteiger partial charge in [0.05, 0.1) is 27.9 Å². The van der Waals surface area contributed by atoms with Crippen molar-refractivity contribution >= 4 is 27.8 Å². The minimum Gasteiger partial charge on any atom is -0.304 e. The Bertz CT molecular complexity index is 776. The summed E-state index contributed by atoms with van der Waals surface area (Å²) in [5.41, 5.74) is 3.80. The molecule has 4 nitrogen and oxygen atoms in total. The molecule has 0 unspecified atom stereocenters.